The van der Waals surface area contributed by atoms with Gasteiger partial charge in [-0.1, -0.05) is 0 Å². The summed E-state index contributed by atoms with van der Waals surface area (Å²) >= 11 is 1.38. The zero-order valence-corrected chi connectivity index (χ0v) is 9.94. The van der Waals surface area contributed by atoms with Gasteiger partial charge in [0.1, 0.15) is 6.33 Å². The fourth-order valence-corrected chi connectivity index (χ4v) is 2.06. The van der Waals surface area contributed by atoms with Gasteiger partial charge in [0.15, 0.2) is 5.16 Å². The number of hydrogen-bond donors (Lipinski definition) is 2. The first kappa shape index (κ1) is 11.5. The van der Waals surface area contributed by atoms with Gasteiger partial charge in [-0.2, -0.15) is 5.10 Å². The van der Waals surface area contributed by atoms with Crippen molar-refractivity contribution in [1.29, 1.82) is 0 Å². The van der Waals surface area contributed by atoms with E-state index in [-0.39, 0.29) is 0 Å². The van der Waals surface area contributed by atoms with Gasteiger partial charge in [0.2, 0.25) is 5.91 Å². The predicted octanol–water partition coefficient (Wildman–Crippen LogP) is 0.647. The van der Waals surface area contributed by atoms with E-state index >= 15 is 0 Å². The van der Waals surface area contributed by atoms with E-state index in [0.717, 1.165) is 10.1 Å². The molecule has 0 saturated carbocycles. The number of rotatable bonds is 3. The molecule has 0 saturated heterocycles. The average Bonchev–Trinajstić information content (AvgIpc) is 2.67. The number of nitrogens with two attached hydrogens (primary N) is 2. The van der Waals surface area contributed by atoms with Crippen molar-refractivity contribution in [3.8, 4) is 0 Å². The molecule has 0 spiro atoms. The Labute approximate surface area is 102 Å². The van der Waals surface area contributed by atoms with E-state index in [0.29, 0.717) is 11.3 Å². The van der Waals surface area contributed by atoms with E-state index in [1.165, 1.54) is 18.1 Å². The molecule has 0 aliphatic heterocycles. The van der Waals surface area contributed by atoms with Crippen LogP contribution in [-0.2, 0) is 7.05 Å². The molecular formula is C10H11N5OS. The van der Waals surface area contributed by atoms with E-state index in [9.17, 15) is 4.79 Å². The molecule has 88 valence electrons. The van der Waals surface area contributed by atoms with Gasteiger partial charge in [-0.25, -0.2) is 9.67 Å². The standard InChI is InChI=1S/C10H11N5OS/c1-15-10(13-5-14-15)17-8-3-2-6(9(12)16)4-7(8)11/h2-5H,11H2,1H3,(H2,12,16). The Bertz CT molecular complexity index is 566. The topological polar surface area (TPSA) is 99.8 Å². The van der Waals surface area contributed by atoms with Crippen LogP contribution in [0, 0.1) is 0 Å². The highest BCUT2D eigenvalue weighted by Gasteiger charge is 2.09. The molecule has 1 amide bonds. The van der Waals surface area contributed by atoms with Crippen LogP contribution in [0.15, 0.2) is 34.6 Å². The van der Waals surface area contributed by atoms with Crippen LogP contribution in [0.4, 0.5) is 5.69 Å². The molecule has 0 bridgehead atoms. The Morgan fingerprint density at radius 3 is 2.76 bits per heavy atom. The summed E-state index contributed by atoms with van der Waals surface area (Å²) in [6, 6.07) is 4.94. The van der Waals surface area contributed by atoms with Crippen molar-refractivity contribution in [2.24, 2.45) is 12.8 Å². The monoisotopic (exact) mass is 249 g/mol. The van der Waals surface area contributed by atoms with E-state index in [1.807, 2.05) is 0 Å². The van der Waals surface area contributed by atoms with E-state index in [4.69, 9.17) is 11.5 Å². The molecule has 0 atom stereocenters. The number of hydrogen-bond acceptors (Lipinski definition) is 5. The van der Waals surface area contributed by atoms with Gasteiger partial charge < -0.3 is 11.5 Å². The van der Waals surface area contributed by atoms with Crippen LogP contribution in [0.1, 0.15) is 10.4 Å². The van der Waals surface area contributed by atoms with Gasteiger partial charge >= 0.3 is 0 Å². The summed E-state index contributed by atoms with van der Waals surface area (Å²) in [5.74, 6) is -0.494. The number of aryl methyl sites for hydroxylation is 1. The normalized spacial score (nSPS) is 10.4. The molecule has 17 heavy (non-hydrogen) atoms. The lowest BCUT2D eigenvalue weighted by Crippen LogP contribution is -2.11. The summed E-state index contributed by atoms with van der Waals surface area (Å²) in [4.78, 5) is 15.9. The summed E-state index contributed by atoms with van der Waals surface area (Å²) in [5.41, 5.74) is 11.9. The van der Waals surface area contributed by atoms with Gasteiger partial charge in [0.05, 0.1) is 0 Å². The SMILES string of the molecule is Cn1ncnc1Sc1ccc(C(N)=O)cc1N. The first-order chi connectivity index (χ1) is 8.08. The van der Waals surface area contributed by atoms with Gasteiger partial charge in [-0.05, 0) is 30.0 Å². The van der Waals surface area contributed by atoms with Crippen LogP contribution < -0.4 is 11.5 Å². The van der Waals surface area contributed by atoms with Crippen molar-refractivity contribution < 1.29 is 4.79 Å². The number of benzene rings is 1. The summed E-state index contributed by atoms with van der Waals surface area (Å²) < 4.78 is 1.64. The lowest BCUT2D eigenvalue weighted by Gasteiger charge is -2.05. The molecular weight excluding hydrogens is 238 g/mol. The zero-order chi connectivity index (χ0) is 12.4. The van der Waals surface area contributed by atoms with Crippen molar-refractivity contribution in [3.05, 3.63) is 30.1 Å². The fraction of sp³-hybridized carbons (Fsp3) is 0.100. The third kappa shape index (κ3) is 2.39. The Balaban J connectivity index is 2.29. The van der Waals surface area contributed by atoms with Crippen LogP contribution in [0.25, 0.3) is 0 Å². The van der Waals surface area contributed by atoms with Gasteiger partial charge in [0.25, 0.3) is 0 Å². The highest BCUT2D eigenvalue weighted by molar-refractivity contribution is 7.99. The van der Waals surface area contributed by atoms with Crippen LogP contribution in [0.2, 0.25) is 0 Å². The molecule has 0 aliphatic rings. The van der Waals surface area contributed by atoms with Gasteiger partial charge in [-0.15, -0.1) is 0 Å². The third-order valence-electron chi connectivity index (χ3n) is 2.17. The lowest BCUT2D eigenvalue weighted by atomic mass is 10.2. The smallest absolute Gasteiger partial charge is 0.248 e. The number of amides is 1. The van der Waals surface area contributed by atoms with Crippen LogP contribution in [-0.4, -0.2) is 20.7 Å². The first-order valence-electron chi connectivity index (χ1n) is 4.79. The maximum Gasteiger partial charge on any atom is 0.248 e. The predicted molar refractivity (Wildman–Crippen MR) is 64.5 cm³/mol. The molecule has 0 unspecified atom stereocenters. The molecule has 2 aromatic rings. The quantitative estimate of drug-likeness (QED) is 0.778. The number of nitrogens with zero attached hydrogens (tertiary/aromatic N) is 3. The second-order valence-corrected chi connectivity index (χ2v) is 4.39. The molecule has 0 fully saturated rings. The number of nitrogen functional groups attached to an aromatic ring is 1. The molecule has 7 heteroatoms. The third-order valence-corrected chi connectivity index (χ3v) is 3.31. The Kier molecular flexibility index (Phi) is 3.01. The molecule has 1 aromatic carbocycles. The Hall–Kier alpha value is -2.02. The Morgan fingerprint density at radius 1 is 1.47 bits per heavy atom. The van der Waals surface area contributed by atoms with Crippen molar-refractivity contribution in [1.82, 2.24) is 14.8 Å². The minimum absolute atomic E-state index is 0.393. The van der Waals surface area contributed by atoms with Crippen molar-refractivity contribution in [2.45, 2.75) is 10.1 Å². The Morgan fingerprint density at radius 2 is 2.24 bits per heavy atom. The van der Waals surface area contributed by atoms with Crippen LogP contribution in [0.3, 0.4) is 0 Å². The number of anilines is 1. The molecule has 6 nitrogen and oxygen atoms in total. The highest BCUT2D eigenvalue weighted by Crippen LogP contribution is 2.30. The summed E-state index contributed by atoms with van der Waals surface area (Å²) in [6.07, 6.45) is 1.47. The number of carbonyl (C=O) groups is 1. The molecule has 1 aromatic heterocycles. The van der Waals surface area contributed by atoms with Gasteiger partial charge in [0, 0.05) is 23.2 Å². The van der Waals surface area contributed by atoms with Crippen molar-refractivity contribution in [2.75, 3.05) is 5.73 Å². The average molecular weight is 249 g/mol. The number of primary amides is 1. The minimum atomic E-state index is -0.494. The fourth-order valence-electron chi connectivity index (χ4n) is 1.27. The van der Waals surface area contributed by atoms with E-state index < -0.39 is 5.91 Å². The second kappa shape index (κ2) is 4.46. The molecule has 4 N–H and O–H groups in total. The summed E-state index contributed by atoms with van der Waals surface area (Å²) in [6.45, 7) is 0. The van der Waals surface area contributed by atoms with E-state index in [2.05, 4.69) is 10.1 Å². The molecule has 1 heterocycles. The molecule has 0 radical (unpaired) electrons. The minimum Gasteiger partial charge on any atom is -0.398 e. The molecule has 0 aliphatic carbocycles. The van der Waals surface area contributed by atoms with E-state index in [1.54, 1.807) is 29.9 Å². The maximum atomic E-state index is 11.0. The van der Waals surface area contributed by atoms with Gasteiger partial charge in [-0.3, -0.25) is 4.79 Å². The highest BCUT2D eigenvalue weighted by atomic mass is 32.2. The van der Waals surface area contributed by atoms with Crippen molar-refractivity contribution >= 4 is 23.4 Å². The lowest BCUT2D eigenvalue weighted by molar-refractivity contribution is 0.100. The van der Waals surface area contributed by atoms with Crippen molar-refractivity contribution in [3.63, 3.8) is 0 Å². The maximum absolute atomic E-state index is 11.0. The van der Waals surface area contributed by atoms with Crippen LogP contribution >= 0.6 is 11.8 Å². The number of carbonyl (C=O) groups excluding carboxylic acids is 1. The first-order valence-corrected chi connectivity index (χ1v) is 5.61. The summed E-state index contributed by atoms with van der Waals surface area (Å²) in [5, 5.41) is 4.68. The van der Waals surface area contributed by atoms with Crippen LogP contribution in [0.5, 0.6) is 0 Å². The largest absolute Gasteiger partial charge is 0.398 e. The zero-order valence-electron chi connectivity index (χ0n) is 9.12. The second-order valence-electron chi connectivity index (χ2n) is 3.39. The molecule has 2 rings (SSSR count). The number of aromatic nitrogens is 3. The summed E-state index contributed by atoms with van der Waals surface area (Å²) in [7, 11) is 1.79.